The number of rotatable bonds is 5. The third-order valence-corrected chi connectivity index (χ3v) is 8.05. The first kappa shape index (κ1) is 23.3. The Morgan fingerprint density at radius 2 is 1.89 bits per heavy atom. The van der Waals surface area contributed by atoms with Gasteiger partial charge >= 0.3 is 6.03 Å². The lowest BCUT2D eigenvalue weighted by molar-refractivity contribution is -0.128. The maximum atomic E-state index is 14.2. The van der Waals surface area contributed by atoms with Crippen LogP contribution in [0.25, 0.3) is 10.9 Å². The van der Waals surface area contributed by atoms with Crippen molar-refractivity contribution < 1.29 is 19.1 Å². The second kappa shape index (κ2) is 9.09. The lowest BCUT2D eigenvalue weighted by Crippen LogP contribution is -2.44. The fraction of sp³-hybridized carbons (Fsp3) is 0.407. The molecule has 3 aromatic rings. The van der Waals surface area contributed by atoms with E-state index in [0.717, 1.165) is 37.0 Å². The summed E-state index contributed by atoms with van der Waals surface area (Å²) < 4.78 is 14.2. The molecule has 2 fully saturated rings. The second-order valence-electron chi connectivity index (χ2n) is 9.98. The van der Waals surface area contributed by atoms with Crippen LogP contribution in [0.5, 0.6) is 5.75 Å². The van der Waals surface area contributed by atoms with Gasteiger partial charge in [-0.15, -0.1) is 0 Å². The zero-order valence-electron chi connectivity index (χ0n) is 19.8. The Morgan fingerprint density at radius 1 is 1.08 bits per heavy atom. The summed E-state index contributed by atoms with van der Waals surface area (Å²) in [6.07, 6.45) is 4.71. The minimum atomic E-state index is -0.671. The molecule has 36 heavy (non-hydrogen) atoms. The van der Waals surface area contributed by atoms with E-state index < -0.39 is 17.9 Å². The van der Waals surface area contributed by atoms with Gasteiger partial charge in [-0.25, -0.2) is 9.18 Å². The van der Waals surface area contributed by atoms with Gasteiger partial charge in [0.05, 0.1) is 5.02 Å². The van der Waals surface area contributed by atoms with Gasteiger partial charge in [-0.05, 0) is 74.3 Å². The van der Waals surface area contributed by atoms with Crippen LogP contribution in [-0.4, -0.2) is 68.9 Å². The molecule has 4 heterocycles. The summed E-state index contributed by atoms with van der Waals surface area (Å²) in [4.78, 5) is 36.0. The molecule has 1 aromatic heterocycles. The Morgan fingerprint density at radius 3 is 2.67 bits per heavy atom. The van der Waals surface area contributed by atoms with Crippen molar-refractivity contribution in [2.45, 2.75) is 44.2 Å². The number of aromatic hydroxyl groups is 1. The van der Waals surface area contributed by atoms with Crippen LogP contribution in [0.4, 0.5) is 9.18 Å². The number of carbonyl (C=O) groups is 2. The molecule has 6 rings (SSSR count). The molecule has 188 valence electrons. The highest BCUT2D eigenvalue weighted by atomic mass is 35.5. The molecule has 3 amide bonds. The number of phenolic OH excluding ortho intramolecular Hbond substituents is 1. The summed E-state index contributed by atoms with van der Waals surface area (Å²) in [7, 11) is 0. The van der Waals surface area contributed by atoms with Crippen molar-refractivity contribution in [3.63, 3.8) is 0 Å². The van der Waals surface area contributed by atoms with Gasteiger partial charge in [0.2, 0.25) is 0 Å². The number of nitrogens with zero attached hydrogens (tertiary/aromatic N) is 3. The van der Waals surface area contributed by atoms with Crippen LogP contribution in [0.15, 0.2) is 36.4 Å². The van der Waals surface area contributed by atoms with Crippen molar-refractivity contribution in [3.05, 3.63) is 64.1 Å². The topological polar surface area (TPSA) is 79.9 Å². The Labute approximate surface area is 213 Å². The van der Waals surface area contributed by atoms with Crippen molar-refractivity contribution in [3.8, 4) is 5.75 Å². The second-order valence-corrected chi connectivity index (χ2v) is 10.4. The third-order valence-electron chi connectivity index (χ3n) is 7.76. The fourth-order valence-electron chi connectivity index (χ4n) is 6.06. The summed E-state index contributed by atoms with van der Waals surface area (Å²) in [5, 5.41) is 10.9. The number of amides is 3. The standard InChI is InChI=1S/C27H28ClFN4O3/c28-20-13-18-19-14-23-26(35)32(11-5-10-31-8-2-1-3-9-31)27(36)33(23)25(16-6-4-7-17(34)12-16)24(19)30-22(18)15-21(20)29/h4,6-7,12-13,15,23,25,30,34H,1-3,5,8-11,14H2/t23-,25?/m0/s1. The van der Waals surface area contributed by atoms with Gasteiger partial charge in [0.15, 0.2) is 0 Å². The average Bonchev–Trinajstić information content (AvgIpc) is 3.33. The summed E-state index contributed by atoms with van der Waals surface area (Å²) in [5.41, 5.74) is 2.80. The van der Waals surface area contributed by atoms with Gasteiger partial charge in [0, 0.05) is 29.6 Å². The van der Waals surface area contributed by atoms with Gasteiger partial charge in [0.25, 0.3) is 5.91 Å². The smallest absolute Gasteiger partial charge is 0.328 e. The van der Waals surface area contributed by atoms with Gasteiger partial charge in [-0.3, -0.25) is 14.6 Å². The highest BCUT2D eigenvalue weighted by Gasteiger charge is 2.52. The summed E-state index contributed by atoms with van der Waals surface area (Å²) >= 11 is 6.10. The quantitative estimate of drug-likeness (QED) is 0.482. The van der Waals surface area contributed by atoms with Crippen molar-refractivity contribution in [1.82, 2.24) is 19.7 Å². The van der Waals surface area contributed by atoms with Gasteiger partial charge in [-0.1, -0.05) is 30.2 Å². The van der Waals surface area contributed by atoms with Gasteiger partial charge < -0.3 is 15.0 Å². The van der Waals surface area contributed by atoms with Crippen LogP contribution >= 0.6 is 11.6 Å². The fourth-order valence-corrected chi connectivity index (χ4v) is 6.22. The number of aromatic nitrogens is 1. The average molecular weight is 511 g/mol. The molecule has 0 spiro atoms. The molecular formula is C27H28ClFN4O3. The Bertz CT molecular complexity index is 1350. The van der Waals surface area contributed by atoms with Crippen LogP contribution in [0.2, 0.25) is 5.02 Å². The van der Waals surface area contributed by atoms with Crippen LogP contribution in [0, 0.1) is 5.82 Å². The molecular weight excluding hydrogens is 483 g/mol. The van der Waals surface area contributed by atoms with Crippen LogP contribution in [-0.2, 0) is 11.2 Å². The number of likely N-dealkylation sites (tertiary alicyclic amines) is 1. The minimum absolute atomic E-state index is 0.00815. The molecule has 1 unspecified atom stereocenters. The number of hydrogen-bond donors (Lipinski definition) is 2. The zero-order chi connectivity index (χ0) is 25.0. The number of benzene rings is 2. The normalized spacial score (nSPS) is 22.4. The Kier molecular flexibility index (Phi) is 5.88. The number of halogens is 2. The molecule has 0 aliphatic carbocycles. The SMILES string of the molecule is O=C1[C@@H]2Cc3c([nH]c4cc(F)c(Cl)cc34)C(c3cccc(O)c3)N2C(=O)N1CCCN1CCCCC1. The molecule has 9 heteroatoms. The van der Waals surface area contributed by atoms with Crippen LogP contribution in [0.3, 0.4) is 0 Å². The number of imide groups is 1. The van der Waals surface area contributed by atoms with Crippen molar-refractivity contribution in [2.75, 3.05) is 26.2 Å². The highest BCUT2D eigenvalue weighted by Crippen LogP contribution is 2.45. The maximum Gasteiger partial charge on any atom is 0.328 e. The first-order valence-electron chi connectivity index (χ1n) is 12.6. The summed E-state index contributed by atoms with van der Waals surface area (Å²) in [6, 6.07) is 8.01. The van der Waals surface area contributed by atoms with E-state index in [2.05, 4.69) is 9.88 Å². The molecule has 3 aliphatic heterocycles. The number of carbonyl (C=O) groups excluding carboxylic acids is 2. The van der Waals surface area contributed by atoms with E-state index in [-0.39, 0.29) is 22.7 Å². The zero-order valence-corrected chi connectivity index (χ0v) is 20.6. The van der Waals surface area contributed by atoms with Crippen molar-refractivity contribution in [1.29, 1.82) is 0 Å². The molecule has 0 bridgehead atoms. The maximum absolute atomic E-state index is 14.2. The van der Waals surface area contributed by atoms with Crippen LogP contribution in [0.1, 0.15) is 48.5 Å². The highest BCUT2D eigenvalue weighted by molar-refractivity contribution is 6.31. The molecule has 2 N–H and O–H groups in total. The molecule has 0 radical (unpaired) electrons. The molecule has 2 aromatic carbocycles. The van der Waals surface area contributed by atoms with E-state index in [0.29, 0.717) is 29.7 Å². The van der Waals surface area contributed by atoms with Gasteiger partial charge in [-0.2, -0.15) is 0 Å². The van der Waals surface area contributed by atoms with Gasteiger partial charge in [0.1, 0.15) is 23.7 Å². The Balaban J connectivity index is 1.36. The monoisotopic (exact) mass is 510 g/mol. The number of urea groups is 1. The summed E-state index contributed by atoms with van der Waals surface area (Å²) in [5.74, 6) is -0.682. The molecule has 7 nitrogen and oxygen atoms in total. The number of phenols is 1. The minimum Gasteiger partial charge on any atom is -0.508 e. The molecule has 2 saturated heterocycles. The van der Waals surface area contributed by atoms with E-state index in [1.807, 2.05) is 6.07 Å². The lowest BCUT2D eigenvalue weighted by atomic mass is 9.89. The van der Waals surface area contributed by atoms with E-state index in [4.69, 9.17) is 11.6 Å². The molecule has 2 atom stereocenters. The van der Waals surface area contributed by atoms with E-state index in [1.54, 1.807) is 29.2 Å². The first-order chi connectivity index (χ1) is 17.4. The lowest BCUT2D eigenvalue weighted by Gasteiger charge is -2.36. The number of fused-ring (bicyclic) bond motifs is 4. The van der Waals surface area contributed by atoms with E-state index >= 15 is 0 Å². The van der Waals surface area contributed by atoms with E-state index in [1.165, 1.54) is 30.2 Å². The molecule has 3 aliphatic rings. The van der Waals surface area contributed by atoms with Crippen molar-refractivity contribution in [2.24, 2.45) is 0 Å². The first-order valence-corrected chi connectivity index (χ1v) is 12.9. The number of H-pyrrole nitrogens is 1. The van der Waals surface area contributed by atoms with Crippen LogP contribution < -0.4 is 0 Å². The van der Waals surface area contributed by atoms with Crippen molar-refractivity contribution >= 4 is 34.4 Å². The third kappa shape index (κ3) is 3.83. The largest absolute Gasteiger partial charge is 0.508 e. The predicted molar refractivity (Wildman–Crippen MR) is 135 cm³/mol. The number of nitrogens with one attached hydrogen (secondary N) is 1. The number of hydrogen-bond acceptors (Lipinski definition) is 4. The molecule has 0 saturated carbocycles. The number of aromatic amines is 1. The summed E-state index contributed by atoms with van der Waals surface area (Å²) in [6.45, 7) is 3.38. The number of piperidine rings is 1. The van der Waals surface area contributed by atoms with E-state index in [9.17, 15) is 19.1 Å². The Hall–Kier alpha value is -3.10. The predicted octanol–water partition coefficient (Wildman–Crippen LogP) is 4.82.